The van der Waals surface area contributed by atoms with Gasteiger partial charge >= 0.3 is 5.97 Å². The Hall–Kier alpha value is -3.27. The lowest BCUT2D eigenvalue weighted by Crippen LogP contribution is -2.15. The van der Waals surface area contributed by atoms with E-state index in [1.54, 1.807) is 0 Å². The number of tetrazole rings is 1. The fourth-order valence-electron chi connectivity index (χ4n) is 2.31. The zero-order chi connectivity index (χ0) is 20.1. The predicted molar refractivity (Wildman–Crippen MR) is 101 cm³/mol. The van der Waals surface area contributed by atoms with Crippen LogP contribution in [0.15, 0.2) is 47.6 Å². The normalized spacial score (nSPS) is 10.5. The van der Waals surface area contributed by atoms with E-state index in [2.05, 4.69) is 25.6 Å². The van der Waals surface area contributed by atoms with Gasteiger partial charge in [-0.25, -0.2) is 9.18 Å². The van der Waals surface area contributed by atoms with Crippen molar-refractivity contribution in [2.45, 2.75) is 12.1 Å². The molecule has 1 heterocycles. The molecule has 3 rings (SSSR count). The number of hydrogen-bond donors (Lipinski definition) is 1. The number of ether oxygens (including phenoxy) is 1. The average molecular weight is 401 g/mol. The molecule has 0 bridgehead atoms. The fourth-order valence-corrected chi connectivity index (χ4v) is 3.00. The standard InChI is InChI=1S/C18H16FN5O3S/c1-11-3-6-13(7-4-11)24-18(21-22-23-24)28-10-16(25)20-12-5-8-15(19)14(9-12)17(26)27-2/h3-9H,10H2,1-2H3,(H,20,25). The number of carbonyl (C=O) groups is 2. The molecule has 144 valence electrons. The van der Waals surface area contributed by atoms with Crippen LogP contribution in [0.2, 0.25) is 0 Å². The molecule has 0 aliphatic rings. The average Bonchev–Trinajstić information content (AvgIpc) is 3.16. The maximum absolute atomic E-state index is 13.7. The summed E-state index contributed by atoms with van der Waals surface area (Å²) in [6.07, 6.45) is 0. The van der Waals surface area contributed by atoms with E-state index in [0.717, 1.165) is 36.2 Å². The Labute approximate surface area is 164 Å². The van der Waals surface area contributed by atoms with E-state index in [0.29, 0.717) is 5.16 Å². The third kappa shape index (κ3) is 4.52. The summed E-state index contributed by atoms with van der Waals surface area (Å²) in [6, 6.07) is 11.3. The second-order valence-corrected chi connectivity index (χ2v) is 6.67. The molecule has 0 atom stereocenters. The Morgan fingerprint density at radius 2 is 1.96 bits per heavy atom. The van der Waals surface area contributed by atoms with Crippen molar-refractivity contribution in [1.82, 2.24) is 20.2 Å². The largest absolute Gasteiger partial charge is 0.465 e. The zero-order valence-corrected chi connectivity index (χ0v) is 15.9. The molecular formula is C18H16FN5O3S. The quantitative estimate of drug-likeness (QED) is 0.501. The summed E-state index contributed by atoms with van der Waals surface area (Å²) < 4.78 is 19.7. The molecule has 1 aromatic heterocycles. The van der Waals surface area contributed by atoms with Crippen molar-refractivity contribution in [2.24, 2.45) is 0 Å². The van der Waals surface area contributed by atoms with Crippen LogP contribution in [0.4, 0.5) is 10.1 Å². The van der Waals surface area contributed by atoms with Crippen LogP contribution in [0.25, 0.3) is 5.69 Å². The number of amides is 1. The third-order valence-corrected chi connectivity index (χ3v) is 4.63. The molecule has 0 saturated heterocycles. The van der Waals surface area contributed by atoms with Gasteiger partial charge in [-0.2, -0.15) is 4.68 Å². The smallest absolute Gasteiger partial charge is 0.340 e. The second kappa shape index (κ2) is 8.61. The van der Waals surface area contributed by atoms with E-state index < -0.39 is 11.8 Å². The minimum absolute atomic E-state index is 0.0250. The predicted octanol–water partition coefficient (Wildman–Crippen LogP) is 2.63. The number of hydrogen-bond acceptors (Lipinski definition) is 7. The summed E-state index contributed by atoms with van der Waals surface area (Å²) in [5.41, 5.74) is 1.91. The zero-order valence-electron chi connectivity index (χ0n) is 15.0. The molecule has 0 aliphatic heterocycles. The first-order valence-electron chi connectivity index (χ1n) is 8.14. The van der Waals surface area contributed by atoms with Crippen LogP contribution in [0.5, 0.6) is 0 Å². The first-order chi connectivity index (χ1) is 13.5. The number of benzene rings is 2. The van der Waals surface area contributed by atoms with E-state index in [1.165, 1.54) is 16.8 Å². The molecule has 3 aromatic rings. The summed E-state index contributed by atoms with van der Waals surface area (Å²) in [5, 5.41) is 14.6. The molecule has 1 N–H and O–H groups in total. The van der Waals surface area contributed by atoms with E-state index in [-0.39, 0.29) is 22.9 Å². The molecule has 0 radical (unpaired) electrons. The van der Waals surface area contributed by atoms with Crippen molar-refractivity contribution in [2.75, 3.05) is 18.2 Å². The van der Waals surface area contributed by atoms with Crippen LogP contribution in [0.3, 0.4) is 0 Å². The van der Waals surface area contributed by atoms with Gasteiger partial charge in [0.15, 0.2) is 0 Å². The number of methoxy groups -OCH3 is 1. The lowest BCUT2D eigenvalue weighted by molar-refractivity contribution is -0.113. The van der Waals surface area contributed by atoms with Crippen LogP contribution in [0.1, 0.15) is 15.9 Å². The van der Waals surface area contributed by atoms with Crippen molar-refractivity contribution in [3.05, 3.63) is 59.4 Å². The lowest BCUT2D eigenvalue weighted by atomic mass is 10.2. The summed E-state index contributed by atoms with van der Waals surface area (Å²) in [4.78, 5) is 23.8. The van der Waals surface area contributed by atoms with Crippen molar-refractivity contribution < 1.29 is 18.7 Å². The molecule has 0 spiro atoms. The molecule has 0 fully saturated rings. The monoisotopic (exact) mass is 401 g/mol. The number of aryl methyl sites for hydroxylation is 1. The SMILES string of the molecule is COC(=O)c1cc(NC(=O)CSc2nnnn2-c2ccc(C)cc2)ccc1F. The van der Waals surface area contributed by atoms with Gasteiger partial charge < -0.3 is 10.1 Å². The number of esters is 1. The molecule has 28 heavy (non-hydrogen) atoms. The number of carbonyl (C=O) groups excluding carboxylic acids is 2. The molecule has 1 amide bonds. The number of rotatable bonds is 6. The maximum Gasteiger partial charge on any atom is 0.340 e. The minimum Gasteiger partial charge on any atom is -0.465 e. The van der Waals surface area contributed by atoms with Gasteiger partial charge in [-0.1, -0.05) is 29.5 Å². The summed E-state index contributed by atoms with van der Waals surface area (Å²) in [6.45, 7) is 1.98. The Morgan fingerprint density at radius 1 is 1.21 bits per heavy atom. The van der Waals surface area contributed by atoms with Gasteiger partial charge in [-0.15, -0.1) is 5.10 Å². The molecule has 10 heteroatoms. The van der Waals surface area contributed by atoms with E-state index in [4.69, 9.17) is 0 Å². The fraction of sp³-hybridized carbons (Fsp3) is 0.167. The molecule has 0 unspecified atom stereocenters. The van der Waals surface area contributed by atoms with Crippen molar-refractivity contribution in [3.63, 3.8) is 0 Å². The van der Waals surface area contributed by atoms with E-state index >= 15 is 0 Å². The van der Waals surface area contributed by atoms with Gasteiger partial charge in [-0.05, 0) is 47.7 Å². The highest BCUT2D eigenvalue weighted by atomic mass is 32.2. The van der Waals surface area contributed by atoms with E-state index in [9.17, 15) is 14.0 Å². The number of nitrogens with zero attached hydrogens (tertiary/aromatic N) is 4. The second-order valence-electron chi connectivity index (χ2n) is 5.73. The number of nitrogens with one attached hydrogen (secondary N) is 1. The first kappa shape index (κ1) is 19.5. The third-order valence-electron chi connectivity index (χ3n) is 3.71. The van der Waals surface area contributed by atoms with Crippen LogP contribution >= 0.6 is 11.8 Å². The van der Waals surface area contributed by atoms with Crippen LogP contribution in [0, 0.1) is 12.7 Å². The van der Waals surface area contributed by atoms with E-state index in [1.807, 2.05) is 31.2 Å². The Bertz CT molecular complexity index is 1010. The maximum atomic E-state index is 13.7. The Kier molecular flexibility index (Phi) is 5.99. The first-order valence-corrected chi connectivity index (χ1v) is 9.12. The van der Waals surface area contributed by atoms with Crippen LogP contribution in [-0.4, -0.2) is 44.9 Å². The van der Waals surface area contributed by atoms with Crippen molar-refractivity contribution in [3.8, 4) is 5.69 Å². The molecular weight excluding hydrogens is 385 g/mol. The number of aromatic nitrogens is 4. The van der Waals surface area contributed by atoms with Gasteiger partial charge in [0.25, 0.3) is 0 Å². The summed E-state index contributed by atoms with van der Waals surface area (Å²) in [7, 11) is 1.15. The van der Waals surface area contributed by atoms with Gasteiger partial charge in [0.2, 0.25) is 11.1 Å². The minimum atomic E-state index is -0.819. The Balaban J connectivity index is 1.65. The number of thioether (sulfide) groups is 1. The highest BCUT2D eigenvalue weighted by Crippen LogP contribution is 2.20. The number of halogens is 1. The summed E-state index contributed by atoms with van der Waals surface area (Å²) >= 11 is 1.15. The highest BCUT2D eigenvalue weighted by Gasteiger charge is 2.15. The van der Waals surface area contributed by atoms with Gasteiger partial charge in [0.05, 0.1) is 24.1 Å². The van der Waals surface area contributed by atoms with Gasteiger partial charge in [0.1, 0.15) is 5.82 Å². The molecule has 0 saturated carbocycles. The Morgan fingerprint density at radius 3 is 2.68 bits per heavy atom. The highest BCUT2D eigenvalue weighted by molar-refractivity contribution is 7.99. The van der Waals surface area contributed by atoms with Crippen LogP contribution in [-0.2, 0) is 9.53 Å². The molecule has 8 nitrogen and oxygen atoms in total. The molecule has 2 aromatic carbocycles. The molecule has 0 aliphatic carbocycles. The number of anilines is 1. The lowest BCUT2D eigenvalue weighted by Gasteiger charge is -2.08. The van der Waals surface area contributed by atoms with Gasteiger partial charge in [-0.3, -0.25) is 4.79 Å². The topological polar surface area (TPSA) is 99.0 Å². The summed E-state index contributed by atoms with van der Waals surface area (Å²) in [5.74, 6) is -1.88. The van der Waals surface area contributed by atoms with Gasteiger partial charge in [0, 0.05) is 5.69 Å². The van der Waals surface area contributed by atoms with Crippen molar-refractivity contribution >= 4 is 29.3 Å². The van der Waals surface area contributed by atoms with Crippen LogP contribution < -0.4 is 5.32 Å². The van der Waals surface area contributed by atoms with Crippen molar-refractivity contribution in [1.29, 1.82) is 0 Å².